The summed E-state index contributed by atoms with van der Waals surface area (Å²) in [6.45, 7) is 0. The zero-order chi connectivity index (χ0) is 6.97. The number of carbonyl (C=O) groups excluding carboxylic acids is 1. The van der Waals surface area contributed by atoms with Gasteiger partial charge in [-0.2, -0.15) is 0 Å². The summed E-state index contributed by atoms with van der Waals surface area (Å²) in [5.41, 5.74) is 0. The van der Waals surface area contributed by atoms with E-state index in [-0.39, 0.29) is 5.92 Å². The third-order valence-corrected chi connectivity index (χ3v) is 3.08. The molecule has 52 valence electrons. The van der Waals surface area contributed by atoms with Crippen molar-refractivity contribution in [1.82, 2.24) is 0 Å². The Hall–Kier alpha value is -0.500. The van der Waals surface area contributed by atoms with E-state index in [2.05, 4.69) is 6.08 Å². The fourth-order valence-corrected chi connectivity index (χ4v) is 2.54. The van der Waals surface area contributed by atoms with E-state index in [9.17, 15) is 4.79 Å². The maximum absolute atomic E-state index is 11.1. The lowest BCUT2D eigenvalue weighted by Crippen LogP contribution is -2.11. The van der Waals surface area contributed by atoms with Crippen LogP contribution in [0.3, 0.4) is 0 Å². The van der Waals surface area contributed by atoms with Gasteiger partial charge in [-0.15, -0.1) is 11.8 Å². The van der Waals surface area contributed by atoms with Crippen molar-refractivity contribution >= 4 is 17.5 Å². The second-order valence-electron chi connectivity index (χ2n) is 2.52. The van der Waals surface area contributed by atoms with Gasteiger partial charge in [0, 0.05) is 0 Å². The van der Waals surface area contributed by atoms with E-state index in [0.717, 1.165) is 12.2 Å². The van der Waals surface area contributed by atoms with Gasteiger partial charge in [0.1, 0.15) is 0 Å². The Kier molecular flexibility index (Phi) is 1.42. The smallest absolute Gasteiger partial charge is 0.163 e. The van der Waals surface area contributed by atoms with Gasteiger partial charge in [-0.25, -0.2) is 0 Å². The number of rotatable bonds is 0. The molecular weight excluding hydrogens is 144 g/mol. The van der Waals surface area contributed by atoms with E-state index in [0.29, 0.717) is 5.78 Å². The average Bonchev–Trinajstić information content (AvgIpc) is 2.36. The molecular formula is C8H8OS. The van der Waals surface area contributed by atoms with Gasteiger partial charge in [-0.1, -0.05) is 12.2 Å². The molecule has 0 aromatic heterocycles. The minimum absolute atomic E-state index is 0.231. The SMILES string of the molecule is O=C1C=CC=C2SCCC12. The van der Waals surface area contributed by atoms with Crippen molar-refractivity contribution in [2.24, 2.45) is 5.92 Å². The molecule has 0 aromatic carbocycles. The molecule has 10 heavy (non-hydrogen) atoms. The van der Waals surface area contributed by atoms with Crippen molar-refractivity contribution < 1.29 is 4.79 Å². The molecule has 1 nitrogen and oxygen atoms in total. The van der Waals surface area contributed by atoms with Gasteiger partial charge in [-0.3, -0.25) is 4.79 Å². The number of carbonyl (C=O) groups is 1. The summed E-state index contributed by atoms with van der Waals surface area (Å²) >= 11 is 1.82. The van der Waals surface area contributed by atoms with Crippen molar-refractivity contribution in [2.45, 2.75) is 6.42 Å². The van der Waals surface area contributed by atoms with E-state index in [1.165, 1.54) is 4.91 Å². The second kappa shape index (κ2) is 2.27. The topological polar surface area (TPSA) is 17.1 Å². The van der Waals surface area contributed by atoms with Crippen LogP contribution >= 0.6 is 11.8 Å². The van der Waals surface area contributed by atoms with Crippen LogP contribution in [-0.2, 0) is 4.79 Å². The molecule has 1 heterocycles. The van der Waals surface area contributed by atoms with Crippen molar-refractivity contribution in [3.63, 3.8) is 0 Å². The highest BCUT2D eigenvalue weighted by molar-refractivity contribution is 8.03. The highest BCUT2D eigenvalue weighted by Crippen LogP contribution is 2.38. The number of thioether (sulfide) groups is 1. The second-order valence-corrected chi connectivity index (χ2v) is 3.69. The van der Waals surface area contributed by atoms with Crippen molar-refractivity contribution in [3.8, 4) is 0 Å². The number of allylic oxidation sites excluding steroid dienone is 4. The Morgan fingerprint density at radius 3 is 3.30 bits per heavy atom. The minimum Gasteiger partial charge on any atom is -0.294 e. The molecule has 2 heteroatoms. The molecule has 1 fully saturated rings. The Morgan fingerprint density at radius 1 is 1.60 bits per heavy atom. The molecule has 1 aliphatic heterocycles. The Balaban J connectivity index is 2.33. The normalized spacial score (nSPS) is 30.2. The lowest BCUT2D eigenvalue weighted by molar-refractivity contribution is -0.117. The zero-order valence-corrected chi connectivity index (χ0v) is 6.36. The van der Waals surface area contributed by atoms with Crippen LogP contribution in [-0.4, -0.2) is 11.5 Å². The summed E-state index contributed by atoms with van der Waals surface area (Å²) in [7, 11) is 0. The maximum Gasteiger partial charge on any atom is 0.163 e. The lowest BCUT2D eigenvalue weighted by atomic mass is 9.97. The van der Waals surface area contributed by atoms with Gasteiger partial charge >= 0.3 is 0 Å². The van der Waals surface area contributed by atoms with E-state index < -0.39 is 0 Å². The van der Waals surface area contributed by atoms with Crippen LogP contribution in [0.2, 0.25) is 0 Å². The van der Waals surface area contributed by atoms with Crippen molar-refractivity contribution in [2.75, 3.05) is 5.75 Å². The summed E-state index contributed by atoms with van der Waals surface area (Å²) < 4.78 is 0. The first-order valence-electron chi connectivity index (χ1n) is 3.43. The Labute approximate surface area is 64.2 Å². The minimum atomic E-state index is 0.231. The van der Waals surface area contributed by atoms with Crippen LogP contribution in [0.4, 0.5) is 0 Å². The molecule has 0 N–H and O–H groups in total. The third kappa shape index (κ3) is 0.833. The van der Waals surface area contributed by atoms with Crippen molar-refractivity contribution in [1.29, 1.82) is 0 Å². The highest BCUT2D eigenvalue weighted by atomic mass is 32.2. The number of hydrogen-bond acceptors (Lipinski definition) is 2. The summed E-state index contributed by atoms with van der Waals surface area (Å²) in [4.78, 5) is 12.4. The molecule has 2 rings (SSSR count). The maximum atomic E-state index is 11.1. The van der Waals surface area contributed by atoms with Crippen LogP contribution in [0, 0.1) is 5.92 Å². The number of hydrogen-bond donors (Lipinski definition) is 0. The number of ketones is 1. The predicted molar refractivity (Wildman–Crippen MR) is 42.8 cm³/mol. The average molecular weight is 152 g/mol. The first-order chi connectivity index (χ1) is 4.88. The Bertz CT molecular complexity index is 227. The van der Waals surface area contributed by atoms with E-state index >= 15 is 0 Å². The molecule has 0 radical (unpaired) electrons. The van der Waals surface area contributed by atoms with Crippen LogP contribution in [0.25, 0.3) is 0 Å². The number of fused-ring (bicyclic) bond motifs is 1. The summed E-state index contributed by atoms with van der Waals surface area (Å²) in [5, 5.41) is 0. The summed E-state index contributed by atoms with van der Waals surface area (Å²) in [6, 6.07) is 0. The summed E-state index contributed by atoms with van der Waals surface area (Å²) in [6.07, 6.45) is 6.63. The molecule has 0 spiro atoms. The molecule has 1 saturated heterocycles. The lowest BCUT2D eigenvalue weighted by Gasteiger charge is -2.08. The fourth-order valence-electron chi connectivity index (χ4n) is 1.34. The molecule has 1 unspecified atom stereocenters. The van der Waals surface area contributed by atoms with Gasteiger partial charge in [0.2, 0.25) is 0 Å². The first kappa shape index (κ1) is 6.23. The van der Waals surface area contributed by atoms with Crippen molar-refractivity contribution in [3.05, 3.63) is 23.1 Å². The van der Waals surface area contributed by atoms with Gasteiger partial charge in [0.15, 0.2) is 5.78 Å². The molecule has 0 bridgehead atoms. The Morgan fingerprint density at radius 2 is 2.50 bits per heavy atom. The monoisotopic (exact) mass is 152 g/mol. The highest BCUT2D eigenvalue weighted by Gasteiger charge is 2.27. The molecule has 1 atom stereocenters. The van der Waals surface area contributed by atoms with Gasteiger partial charge in [-0.05, 0) is 23.2 Å². The van der Waals surface area contributed by atoms with Crippen LogP contribution < -0.4 is 0 Å². The molecule has 0 amide bonds. The molecule has 2 aliphatic rings. The quantitative estimate of drug-likeness (QED) is 0.526. The van der Waals surface area contributed by atoms with Crippen LogP contribution in [0.5, 0.6) is 0 Å². The molecule has 0 aromatic rings. The zero-order valence-electron chi connectivity index (χ0n) is 5.54. The van der Waals surface area contributed by atoms with Gasteiger partial charge in [0.05, 0.1) is 5.92 Å². The van der Waals surface area contributed by atoms with Gasteiger partial charge in [0.25, 0.3) is 0 Å². The first-order valence-corrected chi connectivity index (χ1v) is 4.41. The third-order valence-electron chi connectivity index (χ3n) is 1.88. The summed E-state index contributed by atoms with van der Waals surface area (Å²) in [5.74, 6) is 1.64. The molecule has 0 saturated carbocycles. The van der Waals surface area contributed by atoms with Gasteiger partial charge < -0.3 is 0 Å². The van der Waals surface area contributed by atoms with Crippen LogP contribution in [0.1, 0.15) is 6.42 Å². The van der Waals surface area contributed by atoms with E-state index in [1.807, 2.05) is 17.8 Å². The largest absolute Gasteiger partial charge is 0.294 e. The fraction of sp³-hybridized carbons (Fsp3) is 0.375. The standard InChI is InChI=1S/C8H8OS/c9-7-2-1-3-8-6(7)4-5-10-8/h1-3,6H,4-5H2. The predicted octanol–water partition coefficient (Wildman–Crippen LogP) is 1.76. The molecule has 1 aliphatic carbocycles. The van der Waals surface area contributed by atoms with E-state index in [1.54, 1.807) is 6.08 Å². The van der Waals surface area contributed by atoms with Crippen LogP contribution in [0.15, 0.2) is 23.1 Å². The van der Waals surface area contributed by atoms with E-state index in [4.69, 9.17) is 0 Å².